The van der Waals surface area contributed by atoms with Crippen molar-refractivity contribution < 1.29 is 9.59 Å². The highest BCUT2D eigenvalue weighted by Gasteiger charge is 2.19. The SMILES string of the molecule is Cc1cc(C(=O)NCc2nc3cc(Br)cnc3[nH]2)ccc1C(=O)N1CC=CC1. The van der Waals surface area contributed by atoms with Gasteiger partial charge in [-0.1, -0.05) is 12.2 Å². The first kappa shape index (κ1) is 18.4. The van der Waals surface area contributed by atoms with Crippen molar-refractivity contribution in [3.05, 3.63) is 69.6 Å². The van der Waals surface area contributed by atoms with Crippen molar-refractivity contribution in [3.8, 4) is 0 Å². The number of rotatable bonds is 4. The van der Waals surface area contributed by atoms with Gasteiger partial charge in [-0.05, 0) is 52.7 Å². The molecule has 0 atom stereocenters. The van der Waals surface area contributed by atoms with Crippen LogP contribution in [0.5, 0.6) is 0 Å². The lowest BCUT2D eigenvalue weighted by atomic mass is 10.0. The first-order valence-corrected chi connectivity index (χ1v) is 9.64. The molecule has 1 aliphatic heterocycles. The molecule has 1 aromatic carbocycles. The molecule has 1 aliphatic rings. The number of benzene rings is 1. The lowest BCUT2D eigenvalue weighted by Gasteiger charge is -2.17. The maximum absolute atomic E-state index is 12.5. The summed E-state index contributed by atoms with van der Waals surface area (Å²) in [6.07, 6.45) is 5.63. The second kappa shape index (κ2) is 7.55. The van der Waals surface area contributed by atoms with E-state index in [0.717, 1.165) is 15.6 Å². The van der Waals surface area contributed by atoms with E-state index in [9.17, 15) is 9.59 Å². The molecule has 0 spiro atoms. The van der Waals surface area contributed by atoms with Crippen molar-refractivity contribution in [2.24, 2.45) is 0 Å². The summed E-state index contributed by atoms with van der Waals surface area (Å²) in [5.74, 6) is 0.383. The van der Waals surface area contributed by atoms with E-state index in [1.807, 2.05) is 25.1 Å². The molecule has 7 nitrogen and oxygen atoms in total. The molecule has 2 amide bonds. The number of hydrogen-bond acceptors (Lipinski definition) is 4. The van der Waals surface area contributed by atoms with Crippen LogP contribution in [0.3, 0.4) is 0 Å². The van der Waals surface area contributed by atoms with E-state index in [1.165, 1.54) is 0 Å². The Morgan fingerprint density at radius 1 is 1.25 bits per heavy atom. The van der Waals surface area contributed by atoms with E-state index in [1.54, 1.807) is 29.3 Å². The van der Waals surface area contributed by atoms with Crippen LogP contribution >= 0.6 is 15.9 Å². The van der Waals surface area contributed by atoms with Gasteiger partial charge in [0.05, 0.1) is 6.54 Å². The predicted octanol–water partition coefficient (Wildman–Crippen LogP) is 2.97. The zero-order valence-corrected chi connectivity index (χ0v) is 16.8. The van der Waals surface area contributed by atoms with Gasteiger partial charge in [-0.15, -0.1) is 0 Å². The van der Waals surface area contributed by atoms with E-state index < -0.39 is 0 Å². The van der Waals surface area contributed by atoms with Crippen molar-refractivity contribution in [2.45, 2.75) is 13.5 Å². The van der Waals surface area contributed by atoms with Gasteiger partial charge in [-0.3, -0.25) is 9.59 Å². The molecule has 3 heterocycles. The third-order valence-corrected chi connectivity index (χ3v) is 5.03. The summed E-state index contributed by atoms with van der Waals surface area (Å²) < 4.78 is 0.844. The quantitative estimate of drug-likeness (QED) is 0.611. The number of aromatic nitrogens is 3. The summed E-state index contributed by atoms with van der Waals surface area (Å²) in [5, 5.41) is 2.84. The van der Waals surface area contributed by atoms with Crippen molar-refractivity contribution in [1.29, 1.82) is 0 Å². The number of aromatic amines is 1. The van der Waals surface area contributed by atoms with Gasteiger partial charge in [0.15, 0.2) is 5.65 Å². The molecule has 8 heteroatoms. The number of pyridine rings is 1. The van der Waals surface area contributed by atoms with Gasteiger partial charge in [0.25, 0.3) is 11.8 Å². The van der Waals surface area contributed by atoms with E-state index >= 15 is 0 Å². The largest absolute Gasteiger partial charge is 0.345 e. The zero-order chi connectivity index (χ0) is 19.7. The third kappa shape index (κ3) is 3.68. The second-order valence-electron chi connectivity index (χ2n) is 6.60. The third-order valence-electron chi connectivity index (χ3n) is 4.59. The number of carbonyl (C=O) groups excluding carboxylic acids is 2. The Balaban J connectivity index is 1.44. The highest BCUT2D eigenvalue weighted by molar-refractivity contribution is 9.10. The van der Waals surface area contributed by atoms with Crippen LogP contribution in [0.15, 0.2) is 47.1 Å². The summed E-state index contributed by atoms with van der Waals surface area (Å²) in [4.78, 5) is 38.5. The minimum Gasteiger partial charge on any atom is -0.345 e. The van der Waals surface area contributed by atoms with Crippen LogP contribution in [-0.4, -0.2) is 44.8 Å². The number of imidazole rings is 1. The number of carbonyl (C=O) groups is 2. The number of nitrogens with zero attached hydrogens (tertiary/aromatic N) is 3. The topological polar surface area (TPSA) is 91.0 Å². The average molecular weight is 440 g/mol. The normalized spacial score (nSPS) is 13.3. The minimum absolute atomic E-state index is 0.0182. The van der Waals surface area contributed by atoms with E-state index in [4.69, 9.17) is 0 Å². The zero-order valence-electron chi connectivity index (χ0n) is 15.2. The van der Waals surface area contributed by atoms with Crippen LogP contribution in [0.4, 0.5) is 0 Å². The van der Waals surface area contributed by atoms with Gasteiger partial charge < -0.3 is 15.2 Å². The first-order valence-electron chi connectivity index (χ1n) is 8.84. The van der Waals surface area contributed by atoms with Gasteiger partial charge >= 0.3 is 0 Å². The molecule has 0 bridgehead atoms. The van der Waals surface area contributed by atoms with Crippen molar-refractivity contribution >= 4 is 38.9 Å². The van der Waals surface area contributed by atoms with Crippen LogP contribution < -0.4 is 5.32 Å². The van der Waals surface area contributed by atoms with E-state index in [-0.39, 0.29) is 18.4 Å². The molecular formula is C20H18BrN5O2. The van der Waals surface area contributed by atoms with Gasteiger partial charge in [-0.2, -0.15) is 0 Å². The highest BCUT2D eigenvalue weighted by atomic mass is 79.9. The molecule has 0 saturated heterocycles. The molecule has 0 aliphatic carbocycles. The number of hydrogen-bond donors (Lipinski definition) is 2. The average Bonchev–Trinajstić information content (AvgIpc) is 3.34. The molecule has 4 rings (SSSR count). The van der Waals surface area contributed by atoms with Crippen LogP contribution in [-0.2, 0) is 6.54 Å². The molecule has 0 fully saturated rings. The molecule has 28 heavy (non-hydrogen) atoms. The number of fused-ring (bicyclic) bond motifs is 1. The molecule has 3 aromatic rings. The van der Waals surface area contributed by atoms with E-state index in [2.05, 4.69) is 36.2 Å². The van der Waals surface area contributed by atoms with Gasteiger partial charge in [-0.25, -0.2) is 9.97 Å². The van der Waals surface area contributed by atoms with Gasteiger partial charge in [0.1, 0.15) is 11.3 Å². The van der Waals surface area contributed by atoms with Crippen molar-refractivity contribution in [2.75, 3.05) is 13.1 Å². The lowest BCUT2D eigenvalue weighted by molar-refractivity contribution is 0.0798. The monoisotopic (exact) mass is 439 g/mol. The van der Waals surface area contributed by atoms with Crippen molar-refractivity contribution in [1.82, 2.24) is 25.2 Å². The molecule has 0 saturated carbocycles. The predicted molar refractivity (Wildman–Crippen MR) is 109 cm³/mol. The minimum atomic E-state index is -0.223. The number of H-pyrrole nitrogens is 1. The second-order valence-corrected chi connectivity index (χ2v) is 7.51. The Hall–Kier alpha value is -3.00. The smallest absolute Gasteiger partial charge is 0.254 e. The van der Waals surface area contributed by atoms with Gasteiger partial charge in [0.2, 0.25) is 0 Å². The summed E-state index contributed by atoms with van der Waals surface area (Å²) in [6.45, 7) is 3.36. The van der Waals surface area contributed by atoms with Crippen LogP contribution in [0.2, 0.25) is 0 Å². The summed E-state index contributed by atoms with van der Waals surface area (Å²) in [6, 6.07) is 6.99. The fraction of sp³-hybridized carbons (Fsp3) is 0.200. The lowest BCUT2D eigenvalue weighted by Crippen LogP contribution is -2.29. The molecule has 0 unspecified atom stereocenters. The number of amides is 2. The Morgan fingerprint density at radius 2 is 2.04 bits per heavy atom. The number of nitrogens with one attached hydrogen (secondary N) is 2. The highest BCUT2D eigenvalue weighted by Crippen LogP contribution is 2.17. The van der Waals surface area contributed by atoms with E-state index in [0.29, 0.717) is 35.7 Å². The van der Waals surface area contributed by atoms with Gasteiger partial charge in [0, 0.05) is 34.9 Å². The van der Waals surface area contributed by atoms with Crippen molar-refractivity contribution in [3.63, 3.8) is 0 Å². The summed E-state index contributed by atoms with van der Waals surface area (Å²) in [5.41, 5.74) is 3.30. The molecule has 142 valence electrons. The maximum Gasteiger partial charge on any atom is 0.254 e. The molecule has 2 N–H and O–H groups in total. The maximum atomic E-state index is 12.5. The molecule has 2 aromatic heterocycles. The Bertz CT molecular complexity index is 1100. The standard InChI is InChI=1S/C20H18BrN5O2/c1-12-8-13(4-5-15(12)20(28)26-6-2-3-7-26)19(27)23-11-17-24-16-9-14(21)10-22-18(16)25-17/h2-5,8-10H,6-7,11H2,1H3,(H,23,27)(H,22,24,25). The first-order chi connectivity index (χ1) is 13.5. The fourth-order valence-corrected chi connectivity index (χ4v) is 3.45. The number of aryl methyl sites for hydroxylation is 1. The van der Waals surface area contributed by atoms with Crippen LogP contribution in [0, 0.1) is 6.92 Å². The Morgan fingerprint density at radius 3 is 2.79 bits per heavy atom. The Labute approximate surface area is 170 Å². The number of halogens is 1. The van der Waals surface area contributed by atoms with Crippen LogP contribution in [0.1, 0.15) is 32.1 Å². The summed E-state index contributed by atoms with van der Waals surface area (Å²) >= 11 is 3.36. The fourth-order valence-electron chi connectivity index (χ4n) is 3.13. The molecular weight excluding hydrogens is 422 g/mol. The summed E-state index contributed by atoms with van der Waals surface area (Å²) in [7, 11) is 0. The van der Waals surface area contributed by atoms with Crippen LogP contribution in [0.25, 0.3) is 11.2 Å². The molecule has 0 radical (unpaired) electrons. The Kier molecular flexibility index (Phi) is 4.95.